The van der Waals surface area contributed by atoms with E-state index in [2.05, 4.69) is 39.6 Å². The van der Waals surface area contributed by atoms with Gasteiger partial charge in [0.1, 0.15) is 0 Å². The van der Waals surface area contributed by atoms with E-state index in [1.54, 1.807) is 0 Å². The van der Waals surface area contributed by atoms with Crippen molar-refractivity contribution in [1.82, 2.24) is 5.32 Å². The minimum absolute atomic E-state index is 0.924. The second kappa shape index (κ2) is 6.18. The van der Waals surface area contributed by atoms with E-state index in [4.69, 9.17) is 0 Å². The zero-order chi connectivity index (χ0) is 11.4. The maximum Gasteiger partial charge on any atom is 0.0285 e. The third-order valence-electron chi connectivity index (χ3n) is 3.49. The van der Waals surface area contributed by atoms with Crippen LogP contribution in [0.2, 0.25) is 0 Å². The maximum atomic E-state index is 3.55. The van der Waals surface area contributed by atoms with E-state index in [1.165, 1.54) is 48.1 Å². The summed E-state index contributed by atoms with van der Waals surface area (Å²) in [4.78, 5) is 1.54. The molecule has 0 saturated heterocycles. The van der Waals surface area contributed by atoms with Gasteiger partial charge < -0.3 is 5.32 Å². The topological polar surface area (TPSA) is 12.0 Å². The third kappa shape index (κ3) is 3.31. The van der Waals surface area contributed by atoms with Crippen LogP contribution in [0.3, 0.4) is 0 Å². The zero-order valence-electron chi connectivity index (χ0n) is 9.84. The van der Waals surface area contributed by atoms with Gasteiger partial charge in [-0.1, -0.05) is 6.92 Å². The molecule has 90 valence electrons. The molecule has 0 amide bonds. The van der Waals surface area contributed by atoms with Gasteiger partial charge in [-0.25, -0.2) is 0 Å². The average molecular weight is 302 g/mol. The summed E-state index contributed by atoms with van der Waals surface area (Å²) in [5.41, 5.74) is 0. The van der Waals surface area contributed by atoms with Crippen LogP contribution < -0.4 is 5.32 Å². The lowest BCUT2D eigenvalue weighted by molar-refractivity contribution is 0.172. The molecule has 2 unspecified atom stereocenters. The number of rotatable bonds is 6. The first-order valence-corrected chi connectivity index (χ1v) is 7.90. The molecule has 1 saturated carbocycles. The molecule has 1 heterocycles. The molecule has 1 aliphatic rings. The molecule has 1 aromatic heterocycles. The fraction of sp³-hybridized carbons (Fsp3) is 0.692. The monoisotopic (exact) mass is 301 g/mol. The van der Waals surface area contributed by atoms with E-state index in [9.17, 15) is 0 Å². The number of hydrogen-bond acceptors (Lipinski definition) is 2. The molecular weight excluding hydrogens is 282 g/mol. The Kier molecular flexibility index (Phi) is 4.86. The summed E-state index contributed by atoms with van der Waals surface area (Å²) in [6.07, 6.45) is 5.38. The van der Waals surface area contributed by atoms with Crippen LogP contribution in [0, 0.1) is 11.8 Å². The van der Waals surface area contributed by atoms with Crippen LogP contribution in [0.25, 0.3) is 0 Å². The number of halogens is 1. The Morgan fingerprint density at radius 2 is 2.25 bits per heavy atom. The first-order valence-electron chi connectivity index (χ1n) is 6.23. The van der Waals surface area contributed by atoms with Crippen LogP contribution >= 0.6 is 27.3 Å². The summed E-state index contributed by atoms with van der Waals surface area (Å²) in [5.74, 6) is 1.85. The highest BCUT2D eigenvalue weighted by molar-refractivity contribution is 9.10. The smallest absolute Gasteiger partial charge is 0.0285 e. The lowest BCUT2D eigenvalue weighted by Crippen LogP contribution is -2.36. The van der Waals surface area contributed by atoms with Crippen molar-refractivity contribution in [3.63, 3.8) is 0 Å². The molecule has 1 nitrogen and oxygen atoms in total. The lowest BCUT2D eigenvalue weighted by Gasteiger charge is -2.36. The number of hydrogen-bond donors (Lipinski definition) is 1. The Bertz CT molecular complexity index is 323. The quantitative estimate of drug-likeness (QED) is 0.781. The van der Waals surface area contributed by atoms with E-state index < -0.39 is 0 Å². The summed E-state index contributed by atoms with van der Waals surface area (Å²) in [7, 11) is 0. The Labute approximate surface area is 111 Å². The van der Waals surface area contributed by atoms with E-state index in [0.29, 0.717) is 0 Å². The van der Waals surface area contributed by atoms with Gasteiger partial charge in [0.15, 0.2) is 0 Å². The highest BCUT2D eigenvalue weighted by Crippen LogP contribution is 2.37. The molecule has 1 aliphatic carbocycles. The summed E-state index contributed by atoms with van der Waals surface area (Å²) >= 11 is 5.42. The second-order valence-electron chi connectivity index (χ2n) is 4.74. The van der Waals surface area contributed by atoms with Gasteiger partial charge in [0.2, 0.25) is 0 Å². The average Bonchev–Trinajstić information content (AvgIpc) is 2.66. The summed E-state index contributed by atoms with van der Waals surface area (Å²) in [6, 6.07) is 2.28. The largest absolute Gasteiger partial charge is 0.316 e. The van der Waals surface area contributed by atoms with Crippen LogP contribution in [0.4, 0.5) is 0 Å². The molecule has 0 bridgehead atoms. The summed E-state index contributed by atoms with van der Waals surface area (Å²) in [5, 5.41) is 5.74. The van der Waals surface area contributed by atoms with Crippen molar-refractivity contribution in [2.75, 3.05) is 13.1 Å². The van der Waals surface area contributed by atoms with Gasteiger partial charge >= 0.3 is 0 Å². The van der Waals surface area contributed by atoms with Gasteiger partial charge in [0.25, 0.3) is 0 Å². The van der Waals surface area contributed by atoms with Crippen LogP contribution in [-0.2, 0) is 6.42 Å². The van der Waals surface area contributed by atoms with E-state index >= 15 is 0 Å². The normalized spacial score (nSPS) is 24.4. The van der Waals surface area contributed by atoms with Crippen molar-refractivity contribution in [3.8, 4) is 0 Å². The fourth-order valence-corrected chi connectivity index (χ4v) is 3.90. The summed E-state index contributed by atoms with van der Waals surface area (Å²) < 4.78 is 1.24. The fourth-order valence-electron chi connectivity index (χ4n) is 2.36. The predicted octanol–water partition coefficient (Wildman–Crippen LogP) is 4.08. The molecule has 1 aromatic rings. The molecule has 3 heteroatoms. The van der Waals surface area contributed by atoms with Crippen LogP contribution in [0.1, 0.15) is 31.1 Å². The highest BCUT2D eigenvalue weighted by atomic mass is 79.9. The second-order valence-corrected chi connectivity index (χ2v) is 6.65. The number of nitrogens with one attached hydrogen (secondary N) is 1. The first kappa shape index (κ1) is 12.6. The van der Waals surface area contributed by atoms with Gasteiger partial charge in [0, 0.05) is 14.7 Å². The van der Waals surface area contributed by atoms with Crippen molar-refractivity contribution >= 4 is 27.3 Å². The third-order valence-corrected chi connectivity index (χ3v) is 5.21. The molecule has 0 radical (unpaired) electrons. The molecule has 0 spiro atoms. The SMILES string of the molecule is CCCNCC1CCC1Cc1cc(Br)cs1. The minimum atomic E-state index is 0.924. The molecule has 0 aromatic carbocycles. The Morgan fingerprint density at radius 1 is 1.44 bits per heavy atom. The molecule has 16 heavy (non-hydrogen) atoms. The first-order chi connectivity index (χ1) is 7.79. The zero-order valence-corrected chi connectivity index (χ0v) is 12.2. The van der Waals surface area contributed by atoms with Crippen molar-refractivity contribution in [1.29, 1.82) is 0 Å². The molecule has 2 atom stereocenters. The van der Waals surface area contributed by atoms with Crippen molar-refractivity contribution in [3.05, 3.63) is 20.8 Å². The molecule has 1 N–H and O–H groups in total. The van der Waals surface area contributed by atoms with E-state index in [-0.39, 0.29) is 0 Å². The minimum Gasteiger partial charge on any atom is -0.316 e. The molecule has 2 rings (SSSR count). The standard InChI is InChI=1S/C13H20BrNS/c1-2-5-15-8-11-4-3-10(11)6-13-7-12(14)9-16-13/h7,9-11,15H,2-6,8H2,1H3. The van der Waals surface area contributed by atoms with Crippen molar-refractivity contribution < 1.29 is 0 Å². The Hall–Kier alpha value is 0.140. The number of thiophene rings is 1. The molecule has 1 fully saturated rings. The van der Waals surface area contributed by atoms with Gasteiger partial charge in [-0.15, -0.1) is 11.3 Å². The molecular formula is C13H20BrNS. The van der Waals surface area contributed by atoms with Gasteiger partial charge in [0.05, 0.1) is 0 Å². The maximum absolute atomic E-state index is 3.55. The Morgan fingerprint density at radius 3 is 2.81 bits per heavy atom. The van der Waals surface area contributed by atoms with Crippen LogP contribution in [0.15, 0.2) is 15.9 Å². The highest BCUT2D eigenvalue weighted by Gasteiger charge is 2.30. The van der Waals surface area contributed by atoms with Crippen LogP contribution in [-0.4, -0.2) is 13.1 Å². The van der Waals surface area contributed by atoms with Crippen molar-refractivity contribution in [2.45, 2.75) is 32.6 Å². The van der Waals surface area contributed by atoms with Gasteiger partial charge in [-0.2, -0.15) is 0 Å². The Balaban J connectivity index is 1.74. The van der Waals surface area contributed by atoms with Gasteiger partial charge in [-0.05, 0) is 72.6 Å². The van der Waals surface area contributed by atoms with Crippen LogP contribution in [0.5, 0.6) is 0 Å². The predicted molar refractivity (Wildman–Crippen MR) is 75.1 cm³/mol. The lowest BCUT2D eigenvalue weighted by atomic mass is 9.71. The summed E-state index contributed by atoms with van der Waals surface area (Å²) in [6.45, 7) is 4.63. The van der Waals surface area contributed by atoms with E-state index in [1.807, 2.05) is 11.3 Å². The van der Waals surface area contributed by atoms with Gasteiger partial charge in [-0.3, -0.25) is 0 Å². The van der Waals surface area contributed by atoms with Crippen molar-refractivity contribution in [2.24, 2.45) is 11.8 Å². The molecule has 0 aliphatic heterocycles. The van der Waals surface area contributed by atoms with E-state index in [0.717, 1.165) is 11.8 Å².